The van der Waals surface area contributed by atoms with Gasteiger partial charge in [-0.05, 0) is 45.0 Å². The van der Waals surface area contributed by atoms with Gasteiger partial charge in [0.25, 0.3) is 0 Å². The molecule has 0 aliphatic heterocycles. The Morgan fingerprint density at radius 2 is 1.83 bits per heavy atom. The van der Waals surface area contributed by atoms with Crippen LogP contribution in [-0.2, 0) is 9.53 Å². The summed E-state index contributed by atoms with van der Waals surface area (Å²) < 4.78 is 4.44. The first-order valence-corrected chi connectivity index (χ1v) is 6.47. The van der Waals surface area contributed by atoms with Crippen molar-refractivity contribution in [3.8, 4) is 0 Å². The molecule has 0 amide bonds. The van der Waals surface area contributed by atoms with Crippen molar-refractivity contribution < 1.29 is 20.0 Å². The summed E-state index contributed by atoms with van der Waals surface area (Å²) in [5.74, 6) is -0.199. The maximum Gasteiger partial charge on any atom is 0.321 e. The van der Waals surface area contributed by atoms with Crippen LogP contribution in [-0.4, -0.2) is 27.8 Å². The predicted molar refractivity (Wildman–Crippen MR) is 73.3 cm³/mol. The highest BCUT2D eigenvalue weighted by molar-refractivity contribution is 8.01. The lowest BCUT2D eigenvalue weighted by Gasteiger charge is -2.21. The molecule has 0 heterocycles. The Bertz CT molecular complexity index is 365. The lowest BCUT2D eigenvalue weighted by Crippen LogP contribution is -2.29. The highest BCUT2D eigenvalue weighted by Gasteiger charge is 2.30. The quantitative estimate of drug-likeness (QED) is 0.382. The van der Waals surface area contributed by atoms with Gasteiger partial charge in [0.15, 0.2) is 0 Å². The van der Waals surface area contributed by atoms with Crippen molar-refractivity contribution >= 4 is 29.3 Å². The number of halogens is 1. The Labute approximate surface area is 116 Å². The first-order valence-electron chi connectivity index (χ1n) is 5.27. The van der Waals surface area contributed by atoms with Crippen LogP contribution in [0.2, 0.25) is 5.02 Å². The highest BCUT2D eigenvalue weighted by Crippen LogP contribution is 2.33. The standard InChI is InChI=1S/C12H15ClO2S.H2O2/c1-4-15-11(14)12(2,3)16-10-7-5-9(13)6-8-10;1-2/h5-8H,4H2,1-3H3;1-2H. The number of carbonyl (C=O) groups is 1. The van der Waals surface area contributed by atoms with Crippen LogP contribution in [0.1, 0.15) is 20.8 Å². The molecule has 6 heteroatoms. The van der Waals surface area contributed by atoms with E-state index in [0.717, 1.165) is 4.90 Å². The summed E-state index contributed by atoms with van der Waals surface area (Å²) in [6.07, 6.45) is 0. The van der Waals surface area contributed by atoms with Crippen LogP contribution < -0.4 is 0 Å². The number of hydrogen-bond acceptors (Lipinski definition) is 5. The minimum absolute atomic E-state index is 0.199. The molecule has 0 aromatic heterocycles. The SMILES string of the molecule is CCOC(=O)C(C)(C)Sc1ccc(Cl)cc1.OO. The van der Waals surface area contributed by atoms with Gasteiger partial charge in [-0.3, -0.25) is 15.3 Å². The van der Waals surface area contributed by atoms with Crippen molar-refractivity contribution in [2.45, 2.75) is 30.4 Å². The van der Waals surface area contributed by atoms with Gasteiger partial charge < -0.3 is 4.74 Å². The van der Waals surface area contributed by atoms with E-state index in [1.165, 1.54) is 11.8 Å². The molecule has 0 radical (unpaired) electrons. The minimum atomic E-state index is -0.580. The lowest BCUT2D eigenvalue weighted by molar-refractivity contribution is -0.176. The Hall–Kier alpha value is -0.750. The van der Waals surface area contributed by atoms with Gasteiger partial charge in [-0.25, -0.2) is 0 Å². The number of rotatable bonds is 4. The first-order chi connectivity index (χ1) is 8.45. The number of ether oxygens (including phenoxy) is 1. The summed E-state index contributed by atoms with van der Waals surface area (Å²) in [6.45, 7) is 5.92. The summed E-state index contributed by atoms with van der Waals surface area (Å²) >= 11 is 7.26. The van der Waals surface area contributed by atoms with Crippen LogP contribution in [0, 0.1) is 0 Å². The zero-order valence-corrected chi connectivity index (χ0v) is 12.1. The van der Waals surface area contributed by atoms with E-state index < -0.39 is 4.75 Å². The molecule has 1 rings (SSSR count). The van der Waals surface area contributed by atoms with E-state index in [9.17, 15) is 4.79 Å². The van der Waals surface area contributed by atoms with Crippen LogP contribution in [0.15, 0.2) is 29.2 Å². The fraction of sp³-hybridized carbons (Fsp3) is 0.417. The molecule has 0 aliphatic rings. The van der Waals surface area contributed by atoms with Gasteiger partial charge in [0.2, 0.25) is 0 Å². The summed E-state index contributed by atoms with van der Waals surface area (Å²) in [6, 6.07) is 7.41. The summed E-state index contributed by atoms with van der Waals surface area (Å²) in [7, 11) is 0. The third kappa shape index (κ3) is 5.73. The smallest absolute Gasteiger partial charge is 0.321 e. The average molecular weight is 293 g/mol. The minimum Gasteiger partial charge on any atom is -0.465 e. The van der Waals surface area contributed by atoms with Gasteiger partial charge in [0.1, 0.15) is 4.75 Å². The largest absolute Gasteiger partial charge is 0.465 e. The zero-order chi connectivity index (χ0) is 14.2. The van der Waals surface area contributed by atoms with E-state index in [2.05, 4.69) is 0 Å². The molecule has 0 bridgehead atoms. The van der Waals surface area contributed by atoms with Gasteiger partial charge in [0.05, 0.1) is 6.61 Å². The second-order valence-electron chi connectivity index (χ2n) is 3.79. The average Bonchev–Trinajstić information content (AvgIpc) is 2.35. The maximum atomic E-state index is 11.7. The van der Waals surface area contributed by atoms with E-state index in [4.69, 9.17) is 26.9 Å². The molecular weight excluding hydrogens is 276 g/mol. The molecular formula is C12H17ClO4S. The summed E-state index contributed by atoms with van der Waals surface area (Å²) in [4.78, 5) is 12.7. The van der Waals surface area contributed by atoms with Crippen molar-refractivity contribution in [3.05, 3.63) is 29.3 Å². The molecule has 0 aliphatic carbocycles. The van der Waals surface area contributed by atoms with E-state index in [0.29, 0.717) is 11.6 Å². The van der Waals surface area contributed by atoms with E-state index in [-0.39, 0.29) is 5.97 Å². The molecule has 1 aromatic rings. The monoisotopic (exact) mass is 292 g/mol. The normalized spacial score (nSPS) is 10.3. The molecule has 0 fully saturated rings. The second-order valence-corrected chi connectivity index (χ2v) is 5.92. The molecule has 0 atom stereocenters. The van der Waals surface area contributed by atoms with Crippen LogP contribution >= 0.6 is 23.4 Å². The van der Waals surface area contributed by atoms with Gasteiger partial charge in [-0.1, -0.05) is 11.6 Å². The zero-order valence-electron chi connectivity index (χ0n) is 10.5. The van der Waals surface area contributed by atoms with Crippen LogP contribution in [0.5, 0.6) is 0 Å². The van der Waals surface area contributed by atoms with Gasteiger partial charge in [-0.2, -0.15) is 0 Å². The van der Waals surface area contributed by atoms with Crippen LogP contribution in [0.3, 0.4) is 0 Å². The van der Waals surface area contributed by atoms with Crippen molar-refractivity contribution in [2.75, 3.05) is 6.61 Å². The first kappa shape index (κ1) is 17.2. The van der Waals surface area contributed by atoms with Gasteiger partial charge in [0, 0.05) is 9.92 Å². The predicted octanol–water partition coefficient (Wildman–Crippen LogP) is 3.79. The Morgan fingerprint density at radius 3 is 2.28 bits per heavy atom. The van der Waals surface area contributed by atoms with Crippen molar-refractivity contribution in [1.82, 2.24) is 0 Å². The Morgan fingerprint density at radius 1 is 1.33 bits per heavy atom. The molecule has 0 saturated carbocycles. The molecule has 18 heavy (non-hydrogen) atoms. The third-order valence-corrected chi connectivity index (χ3v) is 3.39. The number of thioether (sulfide) groups is 1. The van der Waals surface area contributed by atoms with Crippen LogP contribution in [0.25, 0.3) is 0 Å². The molecule has 4 nitrogen and oxygen atoms in total. The Balaban J connectivity index is 0.00000137. The van der Waals surface area contributed by atoms with E-state index >= 15 is 0 Å². The van der Waals surface area contributed by atoms with Gasteiger partial charge >= 0.3 is 5.97 Å². The fourth-order valence-electron chi connectivity index (χ4n) is 1.14. The van der Waals surface area contributed by atoms with Crippen molar-refractivity contribution in [3.63, 3.8) is 0 Å². The number of benzene rings is 1. The summed E-state index contributed by atoms with van der Waals surface area (Å²) in [5, 5.41) is 12.7. The fourth-order valence-corrected chi connectivity index (χ4v) is 2.27. The second kappa shape index (κ2) is 8.37. The number of carbonyl (C=O) groups excluding carboxylic acids is 1. The summed E-state index contributed by atoms with van der Waals surface area (Å²) in [5.41, 5.74) is 0. The molecule has 0 unspecified atom stereocenters. The molecule has 0 spiro atoms. The highest BCUT2D eigenvalue weighted by atomic mass is 35.5. The van der Waals surface area contributed by atoms with E-state index in [1.807, 2.05) is 38.1 Å². The molecule has 102 valence electrons. The lowest BCUT2D eigenvalue weighted by atomic mass is 10.2. The number of esters is 1. The molecule has 0 saturated heterocycles. The Kier molecular flexibility index (Phi) is 8.02. The number of hydrogen-bond donors (Lipinski definition) is 2. The van der Waals surface area contributed by atoms with Crippen LogP contribution in [0.4, 0.5) is 0 Å². The third-order valence-electron chi connectivity index (χ3n) is 1.95. The van der Waals surface area contributed by atoms with E-state index in [1.54, 1.807) is 6.92 Å². The van der Waals surface area contributed by atoms with Crippen molar-refractivity contribution in [2.24, 2.45) is 0 Å². The van der Waals surface area contributed by atoms with Gasteiger partial charge in [-0.15, -0.1) is 11.8 Å². The maximum absolute atomic E-state index is 11.7. The molecule has 2 N–H and O–H groups in total. The van der Waals surface area contributed by atoms with Crippen molar-refractivity contribution in [1.29, 1.82) is 0 Å². The topological polar surface area (TPSA) is 66.8 Å². The molecule has 1 aromatic carbocycles.